The van der Waals surface area contributed by atoms with Crippen LogP contribution in [0.25, 0.3) is 0 Å². The fraction of sp³-hybridized carbons (Fsp3) is 0.182. The van der Waals surface area contributed by atoms with E-state index >= 15 is 0 Å². The molecule has 0 aliphatic rings. The van der Waals surface area contributed by atoms with Crippen molar-refractivity contribution in [2.45, 2.75) is 6.54 Å². The molecule has 2 aromatic carbocycles. The van der Waals surface area contributed by atoms with Gasteiger partial charge in [-0.25, -0.2) is 9.37 Å². The van der Waals surface area contributed by atoms with Gasteiger partial charge in [0.15, 0.2) is 11.5 Å². The van der Waals surface area contributed by atoms with Gasteiger partial charge in [0.25, 0.3) is 5.91 Å². The smallest absolute Gasteiger partial charge is 0.262 e. The Morgan fingerprint density at radius 2 is 1.62 bits per heavy atom. The molecule has 0 saturated heterocycles. The lowest BCUT2D eigenvalue weighted by molar-refractivity contribution is 0.0980. The van der Waals surface area contributed by atoms with Gasteiger partial charge in [0, 0.05) is 6.20 Å². The highest BCUT2D eigenvalue weighted by Crippen LogP contribution is 2.38. The summed E-state index contributed by atoms with van der Waals surface area (Å²) < 4.78 is 30.4. The highest BCUT2D eigenvalue weighted by Gasteiger charge is 2.23. The van der Waals surface area contributed by atoms with Gasteiger partial charge in [0.1, 0.15) is 11.6 Å². The largest absolute Gasteiger partial charge is 0.493 e. The van der Waals surface area contributed by atoms with Gasteiger partial charge in [-0.1, -0.05) is 18.2 Å². The molecule has 0 atom stereocenters. The van der Waals surface area contributed by atoms with E-state index in [0.717, 1.165) is 0 Å². The summed E-state index contributed by atoms with van der Waals surface area (Å²) in [6.45, 7) is 0.126. The molecule has 3 rings (SSSR count). The van der Waals surface area contributed by atoms with Crippen molar-refractivity contribution < 1.29 is 23.4 Å². The third-order valence-corrected chi connectivity index (χ3v) is 4.34. The molecule has 6 nitrogen and oxygen atoms in total. The lowest BCUT2D eigenvalue weighted by Crippen LogP contribution is -2.31. The van der Waals surface area contributed by atoms with E-state index in [0.29, 0.717) is 28.6 Å². The number of aromatic nitrogens is 1. The summed E-state index contributed by atoms with van der Waals surface area (Å²) >= 11 is 0. The summed E-state index contributed by atoms with van der Waals surface area (Å²) in [5, 5.41) is 0. The van der Waals surface area contributed by atoms with Gasteiger partial charge in [-0.2, -0.15) is 0 Å². The van der Waals surface area contributed by atoms with Crippen LogP contribution in [-0.2, 0) is 6.54 Å². The fourth-order valence-corrected chi connectivity index (χ4v) is 2.96. The zero-order chi connectivity index (χ0) is 20.8. The molecule has 0 radical (unpaired) electrons. The summed E-state index contributed by atoms with van der Waals surface area (Å²) in [6.07, 6.45) is 1.58. The van der Waals surface area contributed by atoms with Crippen molar-refractivity contribution in [1.29, 1.82) is 0 Å². The Morgan fingerprint density at radius 3 is 2.17 bits per heavy atom. The Hall–Kier alpha value is -3.61. The topological polar surface area (TPSA) is 60.9 Å². The van der Waals surface area contributed by atoms with Gasteiger partial charge < -0.3 is 14.2 Å². The monoisotopic (exact) mass is 396 g/mol. The van der Waals surface area contributed by atoms with Gasteiger partial charge in [-0.3, -0.25) is 9.69 Å². The van der Waals surface area contributed by atoms with E-state index in [1.165, 1.54) is 44.4 Å². The van der Waals surface area contributed by atoms with Crippen LogP contribution in [0.5, 0.6) is 17.2 Å². The van der Waals surface area contributed by atoms with Crippen LogP contribution in [0.4, 0.5) is 10.2 Å². The number of rotatable bonds is 7. The number of pyridine rings is 1. The first-order chi connectivity index (χ1) is 14.1. The Balaban J connectivity index is 2.05. The second-order valence-electron chi connectivity index (χ2n) is 6.09. The Morgan fingerprint density at radius 1 is 0.966 bits per heavy atom. The van der Waals surface area contributed by atoms with E-state index in [1.807, 2.05) is 0 Å². The van der Waals surface area contributed by atoms with E-state index in [1.54, 1.807) is 42.6 Å². The van der Waals surface area contributed by atoms with Crippen LogP contribution in [0.2, 0.25) is 0 Å². The minimum Gasteiger partial charge on any atom is -0.493 e. The molecule has 150 valence electrons. The predicted octanol–water partition coefficient (Wildman–Crippen LogP) is 4.09. The molecule has 1 aromatic heterocycles. The fourth-order valence-electron chi connectivity index (χ4n) is 2.96. The maximum atomic E-state index is 14.3. The minimum absolute atomic E-state index is 0.0365. The molecular weight excluding hydrogens is 375 g/mol. The average Bonchev–Trinajstić information content (AvgIpc) is 2.77. The maximum absolute atomic E-state index is 14.3. The highest BCUT2D eigenvalue weighted by molar-refractivity contribution is 6.05. The molecule has 0 bridgehead atoms. The van der Waals surface area contributed by atoms with Gasteiger partial charge >= 0.3 is 0 Å². The van der Waals surface area contributed by atoms with Gasteiger partial charge in [0.2, 0.25) is 5.75 Å². The minimum atomic E-state index is -0.594. The van der Waals surface area contributed by atoms with Gasteiger partial charge in [-0.15, -0.1) is 0 Å². The van der Waals surface area contributed by atoms with Crippen LogP contribution in [-0.4, -0.2) is 32.2 Å². The Kier molecular flexibility index (Phi) is 6.29. The molecule has 1 amide bonds. The second kappa shape index (κ2) is 9.05. The first-order valence-corrected chi connectivity index (χ1v) is 8.85. The molecule has 7 heteroatoms. The number of hydrogen-bond donors (Lipinski definition) is 0. The third-order valence-electron chi connectivity index (χ3n) is 4.34. The van der Waals surface area contributed by atoms with E-state index < -0.39 is 11.7 Å². The number of anilines is 1. The molecule has 29 heavy (non-hydrogen) atoms. The molecule has 0 fully saturated rings. The highest BCUT2D eigenvalue weighted by atomic mass is 19.1. The first-order valence-electron chi connectivity index (χ1n) is 8.85. The molecule has 0 aliphatic carbocycles. The quantitative estimate of drug-likeness (QED) is 0.602. The molecule has 0 spiro atoms. The summed E-state index contributed by atoms with van der Waals surface area (Å²) in [4.78, 5) is 18.8. The normalized spacial score (nSPS) is 10.3. The number of carbonyl (C=O) groups excluding carboxylic acids is 1. The van der Waals surface area contributed by atoms with Gasteiger partial charge in [-0.05, 0) is 42.0 Å². The van der Waals surface area contributed by atoms with Crippen molar-refractivity contribution in [2.24, 2.45) is 0 Å². The van der Waals surface area contributed by atoms with Crippen molar-refractivity contribution in [3.8, 4) is 17.2 Å². The summed E-state index contributed by atoms with van der Waals surface area (Å²) in [7, 11) is 4.55. The van der Waals surface area contributed by atoms with E-state index in [-0.39, 0.29) is 12.1 Å². The van der Waals surface area contributed by atoms with Crippen LogP contribution in [0.3, 0.4) is 0 Å². The van der Waals surface area contributed by atoms with Crippen molar-refractivity contribution >= 4 is 11.7 Å². The lowest BCUT2D eigenvalue weighted by atomic mass is 10.1. The standard InChI is InChI=1S/C22H21FN2O4/c1-27-18-12-15(13-19(28-2)21(18)29-3)14-25(20-10-6-7-11-24-20)22(26)16-8-4-5-9-17(16)23/h4-13H,14H2,1-3H3. The second-order valence-corrected chi connectivity index (χ2v) is 6.09. The van der Waals surface area contributed by atoms with Crippen LogP contribution < -0.4 is 19.1 Å². The Labute approximate surface area is 168 Å². The van der Waals surface area contributed by atoms with E-state index in [2.05, 4.69) is 4.98 Å². The SMILES string of the molecule is COc1cc(CN(C(=O)c2ccccc2F)c2ccccn2)cc(OC)c1OC. The van der Waals surface area contributed by atoms with Crippen LogP contribution in [0.15, 0.2) is 60.8 Å². The van der Waals surface area contributed by atoms with Crippen LogP contribution >= 0.6 is 0 Å². The molecule has 0 saturated carbocycles. The molecule has 3 aromatic rings. The van der Waals surface area contributed by atoms with E-state index in [4.69, 9.17) is 14.2 Å². The van der Waals surface area contributed by atoms with E-state index in [9.17, 15) is 9.18 Å². The summed E-state index contributed by atoms with van der Waals surface area (Å²) in [6, 6.07) is 14.5. The predicted molar refractivity (Wildman–Crippen MR) is 107 cm³/mol. The third kappa shape index (κ3) is 4.29. The van der Waals surface area contributed by atoms with Crippen molar-refractivity contribution in [1.82, 2.24) is 4.98 Å². The number of benzene rings is 2. The molecule has 0 N–H and O–H groups in total. The maximum Gasteiger partial charge on any atom is 0.262 e. The van der Waals surface area contributed by atoms with Crippen LogP contribution in [0.1, 0.15) is 15.9 Å². The molecular formula is C22H21FN2O4. The zero-order valence-corrected chi connectivity index (χ0v) is 16.4. The number of ether oxygens (including phenoxy) is 3. The molecule has 0 aliphatic heterocycles. The summed E-state index contributed by atoms with van der Waals surface area (Å²) in [5.74, 6) is 0.666. The van der Waals surface area contributed by atoms with Crippen molar-refractivity contribution in [3.63, 3.8) is 0 Å². The number of nitrogens with zero attached hydrogens (tertiary/aromatic N) is 2. The molecule has 0 unspecified atom stereocenters. The lowest BCUT2D eigenvalue weighted by Gasteiger charge is -2.23. The van der Waals surface area contributed by atoms with Crippen molar-refractivity contribution in [2.75, 3.05) is 26.2 Å². The van der Waals surface area contributed by atoms with Gasteiger partial charge in [0.05, 0.1) is 33.4 Å². The number of halogens is 1. The number of hydrogen-bond acceptors (Lipinski definition) is 5. The number of methoxy groups -OCH3 is 3. The number of carbonyl (C=O) groups is 1. The Bertz CT molecular complexity index is 970. The first kappa shape index (κ1) is 20.1. The van der Waals surface area contributed by atoms with Crippen LogP contribution in [0, 0.1) is 5.82 Å². The summed E-state index contributed by atoms with van der Waals surface area (Å²) in [5.41, 5.74) is 0.667. The average molecular weight is 396 g/mol. The zero-order valence-electron chi connectivity index (χ0n) is 16.4. The molecule has 1 heterocycles. The number of amides is 1. The van der Waals surface area contributed by atoms with Crippen molar-refractivity contribution in [3.05, 3.63) is 77.7 Å².